The first-order chi connectivity index (χ1) is 5.81. The van der Waals surface area contributed by atoms with Crippen LogP contribution in [0.15, 0.2) is 24.4 Å². The SMILES string of the molecule is O=Cc1c[nH]c2ccc(I)cc12. The normalized spacial score (nSPS) is 10.4. The van der Waals surface area contributed by atoms with Gasteiger partial charge >= 0.3 is 0 Å². The highest BCUT2D eigenvalue weighted by molar-refractivity contribution is 14.1. The predicted octanol–water partition coefficient (Wildman–Crippen LogP) is 2.58. The molecule has 2 aromatic rings. The summed E-state index contributed by atoms with van der Waals surface area (Å²) in [5, 5.41) is 0.997. The number of aromatic nitrogens is 1. The molecule has 0 bridgehead atoms. The molecule has 0 unspecified atom stereocenters. The summed E-state index contributed by atoms with van der Waals surface area (Å²) in [6, 6.07) is 5.98. The number of carbonyl (C=O) groups is 1. The highest BCUT2D eigenvalue weighted by atomic mass is 127. The molecule has 0 aliphatic heterocycles. The number of aldehydes is 1. The quantitative estimate of drug-likeness (QED) is 0.627. The van der Waals surface area contributed by atoms with Gasteiger partial charge in [0, 0.05) is 26.2 Å². The fourth-order valence-corrected chi connectivity index (χ4v) is 1.70. The highest BCUT2D eigenvalue weighted by Crippen LogP contribution is 2.19. The molecule has 0 spiro atoms. The van der Waals surface area contributed by atoms with Crippen molar-refractivity contribution in [3.8, 4) is 0 Å². The summed E-state index contributed by atoms with van der Waals surface area (Å²) in [5.41, 5.74) is 1.74. The molecule has 1 heterocycles. The average Bonchev–Trinajstić information content (AvgIpc) is 2.46. The number of benzene rings is 1. The number of hydrogen-bond acceptors (Lipinski definition) is 1. The minimum atomic E-state index is 0.725. The molecule has 0 saturated heterocycles. The van der Waals surface area contributed by atoms with Crippen LogP contribution in [0.1, 0.15) is 10.4 Å². The first-order valence-corrected chi connectivity index (χ1v) is 4.61. The van der Waals surface area contributed by atoms with Gasteiger partial charge in [0.1, 0.15) is 0 Å². The lowest BCUT2D eigenvalue weighted by molar-refractivity contribution is 0.112. The third-order valence-corrected chi connectivity index (χ3v) is 2.47. The van der Waals surface area contributed by atoms with Crippen molar-refractivity contribution >= 4 is 39.8 Å². The van der Waals surface area contributed by atoms with Gasteiger partial charge in [0.25, 0.3) is 0 Å². The standard InChI is InChI=1S/C9H6INO/c10-7-1-2-9-8(3-7)6(5-12)4-11-9/h1-5,11H. The maximum absolute atomic E-state index is 10.6. The van der Waals surface area contributed by atoms with E-state index < -0.39 is 0 Å². The highest BCUT2D eigenvalue weighted by Gasteiger charge is 2.01. The van der Waals surface area contributed by atoms with Gasteiger partial charge in [0.05, 0.1) is 0 Å². The summed E-state index contributed by atoms with van der Waals surface area (Å²) >= 11 is 2.23. The molecule has 2 rings (SSSR count). The van der Waals surface area contributed by atoms with Crippen molar-refractivity contribution in [3.05, 3.63) is 33.5 Å². The Balaban J connectivity index is 2.83. The molecule has 60 valence electrons. The van der Waals surface area contributed by atoms with E-state index in [0.29, 0.717) is 0 Å². The second-order valence-corrected chi connectivity index (χ2v) is 3.80. The van der Waals surface area contributed by atoms with E-state index in [0.717, 1.165) is 26.3 Å². The van der Waals surface area contributed by atoms with Gasteiger partial charge in [0.15, 0.2) is 6.29 Å². The van der Waals surface area contributed by atoms with Crippen LogP contribution in [0, 0.1) is 3.57 Å². The minimum Gasteiger partial charge on any atom is -0.360 e. The summed E-state index contributed by atoms with van der Waals surface area (Å²) in [4.78, 5) is 13.6. The maximum Gasteiger partial charge on any atom is 0.152 e. The van der Waals surface area contributed by atoms with E-state index in [1.54, 1.807) is 6.20 Å². The van der Waals surface area contributed by atoms with Crippen LogP contribution in [0.2, 0.25) is 0 Å². The molecule has 12 heavy (non-hydrogen) atoms. The zero-order chi connectivity index (χ0) is 8.55. The topological polar surface area (TPSA) is 32.9 Å². The van der Waals surface area contributed by atoms with Crippen LogP contribution < -0.4 is 0 Å². The fourth-order valence-electron chi connectivity index (χ4n) is 1.21. The Kier molecular flexibility index (Phi) is 1.88. The first kappa shape index (κ1) is 7.79. The van der Waals surface area contributed by atoms with Gasteiger partial charge in [-0.1, -0.05) is 0 Å². The van der Waals surface area contributed by atoms with Crippen LogP contribution in [0.25, 0.3) is 10.9 Å². The summed E-state index contributed by atoms with van der Waals surface area (Å²) in [5.74, 6) is 0. The molecule has 1 aromatic carbocycles. The van der Waals surface area contributed by atoms with Crippen LogP contribution in [-0.4, -0.2) is 11.3 Å². The Morgan fingerprint density at radius 3 is 3.00 bits per heavy atom. The summed E-state index contributed by atoms with van der Waals surface area (Å²) in [7, 11) is 0. The van der Waals surface area contributed by atoms with E-state index in [9.17, 15) is 4.79 Å². The monoisotopic (exact) mass is 271 g/mol. The molecular weight excluding hydrogens is 265 g/mol. The molecule has 3 heteroatoms. The number of nitrogens with one attached hydrogen (secondary N) is 1. The first-order valence-electron chi connectivity index (χ1n) is 3.53. The van der Waals surface area contributed by atoms with Gasteiger partial charge in [-0.25, -0.2) is 0 Å². The smallest absolute Gasteiger partial charge is 0.152 e. The van der Waals surface area contributed by atoms with Gasteiger partial charge < -0.3 is 4.98 Å². The largest absolute Gasteiger partial charge is 0.360 e. The molecule has 2 nitrogen and oxygen atoms in total. The zero-order valence-corrected chi connectivity index (χ0v) is 8.33. The maximum atomic E-state index is 10.6. The van der Waals surface area contributed by atoms with Crippen LogP contribution in [-0.2, 0) is 0 Å². The van der Waals surface area contributed by atoms with Crippen LogP contribution in [0.4, 0.5) is 0 Å². The van der Waals surface area contributed by atoms with Crippen molar-refractivity contribution < 1.29 is 4.79 Å². The van der Waals surface area contributed by atoms with Crippen molar-refractivity contribution in [3.63, 3.8) is 0 Å². The molecule has 1 aromatic heterocycles. The predicted molar refractivity (Wildman–Crippen MR) is 56.4 cm³/mol. The van der Waals surface area contributed by atoms with E-state index in [1.807, 2.05) is 18.2 Å². The third-order valence-electron chi connectivity index (χ3n) is 1.80. The summed E-state index contributed by atoms with van der Waals surface area (Å²) in [6.45, 7) is 0. The Morgan fingerprint density at radius 2 is 2.25 bits per heavy atom. The van der Waals surface area contributed by atoms with Crippen molar-refractivity contribution in [1.29, 1.82) is 0 Å². The van der Waals surface area contributed by atoms with Crippen molar-refractivity contribution in [2.75, 3.05) is 0 Å². The van der Waals surface area contributed by atoms with Gasteiger partial charge in [-0.3, -0.25) is 4.79 Å². The Morgan fingerprint density at radius 1 is 1.42 bits per heavy atom. The number of aromatic amines is 1. The van der Waals surface area contributed by atoms with Gasteiger partial charge in [-0.15, -0.1) is 0 Å². The number of fused-ring (bicyclic) bond motifs is 1. The van der Waals surface area contributed by atoms with E-state index in [1.165, 1.54) is 0 Å². The van der Waals surface area contributed by atoms with Crippen LogP contribution in [0.3, 0.4) is 0 Å². The van der Waals surface area contributed by atoms with E-state index >= 15 is 0 Å². The molecule has 0 aliphatic carbocycles. The van der Waals surface area contributed by atoms with Crippen LogP contribution >= 0.6 is 22.6 Å². The van der Waals surface area contributed by atoms with E-state index in [-0.39, 0.29) is 0 Å². The van der Waals surface area contributed by atoms with Gasteiger partial charge in [0.2, 0.25) is 0 Å². The lowest BCUT2D eigenvalue weighted by Gasteiger charge is -1.91. The Hall–Kier alpha value is -0.840. The van der Waals surface area contributed by atoms with Crippen molar-refractivity contribution in [2.45, 2.75) is 0 Å². The molecule has 0 aliphatic rings. The summed E-state index contributed by atoms with van der Waals surface area (Å²) < 4.78 is 1.14. The molecule has 0 fully saturated rings. The molecule has 0 radical (unpaired) electrons. The molecule has 0 saturated carbocycles. The third kappa shape index (κ3) is 1.14. The van der Waals surface area contributed by atoms with E-state index in [4.69, 9.17) is 0 Å². The molecule has 0 amide bonds. The van der Waals surface area contributed by atoms with E-state index in [2.05, 4.69) is 27.6 Å². The Bertz CT molecular complexity index is 433. The number of hydrogen-bond donors (Lipinski definition) is 1. The zero-order valence-electron chi connectivity index (χ0n) is 6.17. The lowest BCUT2D eigenvalue weighted by atomic mass is 10.2. The van der Waals surface area contributed by atoms with Crippen LogP contribution in [0.5, 0.6) is 0 Å². The van der Waals surface area contributed by atoms with Crippen molar-refractivity contribution in [2.24, 2.45) is 0 Å². The summed E-state index contributed by atoms with van der Waals surface area (Å²) in [6.07, 6.45) is 2.60. The molecule has 0 atom stereocenters. The number of rotatable bonds is 1. The second kappa shape index (κ2) is 2.90. The van der Waals surface area contributed by atoms with Crippen molar-refractivity contribution in [1.82, 2.24) is 4.98 Å². The Labute approximate surface area is 83.1 Å². The number of H-pyrrole nitrogens is 1. The number of carbonyl (C=O) groups excluding carboxylic acids is 1. The van der Waals surface area contributed by atoms with Gasteiger partial charge in [-0.2, -0.15) is 0 Å². The van der Waals surface area contributed by atoms with Gasteiger partial charge in [-0.05, 0) is 40.8 Å². The molecule has 1 N–H and O–H groups in total. The molecular formula is C9H6INO. The lowest BCUT2D eigenvalue weighted by Crippen LogP contribution is -1.75. The average molecular weight is 271 g/mol. The number of halogens is 1. The second-order valence-electron chi connectivity index (χ2n) is 2.55. The fraction of sp³-hybridized carbons (Fsp3) is 0. The minimum absolute atomic E-state index is 0.725.